The number of benzene rings is 2. The smallest absolute Gasteiger partial charge is 0.257 e. The van der Waals surface area contributed by atoms with E-state index in [1.54, 1.807) is 41.3 Å². The van der Waals surface area contributed by atoms with Crippen LogP contribution in [0.3, 0.4) is 0 Å². The number of nitrogens with two attached hydrogens (primary N) is 1. The van der Waals surface area contributed by atoms with Crippen molar-refractivity contribution in [2.45, 2.75) is 25.3 Å². The molecule has 0 unspecified atom stereocenters. The van der Waals surface area contributed by atoms with Crippen molar-refractivity contribution >= 4 is 29.1 Å². The number of likely N-dealkylation sites (tertiary alicyclic amines) is 1. The average molecular weight is 380 g/mol. The fourth-order valence-corrected chi connectivity index (χ4v) is 3.39. The maximum atomic E-state index is 12.6. The summed E-state index contributed by atoms with van der Waals surface area (Å²) in [5, 5.41) is 5.60. The lowest BCUT2D eigenvalue weighted by Crippen LogP contribution is -2.50. The lowest BCUT2D eigenvalue weighted by molar-refractivity contribution is -0.126. The van der Waals surface area contributed by atoms with Gasteiger partial charge in [-0.1, -0.05) is 36.8 Å². The second-order valence-corrected chi connectivity index (χ2v) is 6.80. The van der Waals surface area contributed by atoms with E-state index in [1.807, 2.05) is 18.2 Å². The molecule has 0 aliphatic carbocycles. The molecule has 1 aliphatic heterocycles. The minimum atomic E-state index is -0.420. The number of hydrogen-bond acceptors (Lipinski definition) is 4. The SMILES string of the molecule is NC(=O)[C@H]1CCCCN1CC(=O)Nc1ccccc1C(=O)Nc1ccccc1. The fraction of sp³-hybridized carbons (Fsp3) is 0.286. The number of piperidine rings is 1. The summed E-state index contributed by atoms with van der Waals surface area (Å²) in [6, 6.07) is 15.5. The van der Waals surface area contributed by atoms with Gasteiger partial charge in [0.15, 0.2) is 0 Å². The molecule has 0 aromatic heterocycles. The third-order valence-corrected chi connectivity index (χ3v) is 4.77. The number of anilines is 2. The lowest BCUT2D eigenvalue weighted by Gasteiger charge is -2.32. The Labute approximate surface area is 163 Å². The summed E-state index contributed by atoms with van der Waals surface area (Å²) in [6.07, 6.45) is 2.51. The first-order valence-corrected chi connectivity index (χ1v) is 9.33. The van der Waals surface area contributed by atoms with Gasteiger partial charge in [0.05, 0.1) is 23.8 Å². The zero-order chi connectivity index (χ0) is 19.9. The van der Waals surface area contributed by atoms with Crippen molar-refractivity contribution in [3.05, 3.63) is 60.2 Å². The van der Waals surface area contributed by atoms with Crippen LogP contribution >= 0.6 is 0 Å². The normalized spacial score (nSPS) is 16.9. The van der Waals surface area contributed by atoms with Gasteiger partial charge in [-0.15, -0.1) is 0 Å². The van der Waals surface area contributed by atoms with Gasteiger partial charge in [0.25, 0.3) is 5.91 Å². The molecule has 2 aromatic carbocycles. The van der Waals surface area contributed by atoms with Crippen LogP contribution in [0.25, 0.3) is 0 Å². The summed E-state index contributed by atoms with van der Waals surface area (Å²) >= 11 is 0. The second-order valence-electron chi connectivity index (χ2n) is 6.80. The predicted octanol–water partition coefficient (Wildman–Crippen LogP) is 2.22. The van der Waals surface area contributed by atoms with Crippen LogP contribution < -0.4 is 16.4 Å². The molecule has 0 saturated carbocycles. The van der Waals surface area contributed by atoms with Crippen molar-refractivity contribution < 1.29 is 14.4 Å². The number of amides is 3. The molecule has 1 heterocycles. The molecule has 146 valence electrons. The summed E-state index contributed by atoms with van der Waals surface area (Å²) in [5.41, 5.74) is 6.92. The van der Waals surface area contributed by atoms with Crippen molar-refractivity contribution in [2.24, 2.45) is 5.73 Å². The molecule has 3 rings (SSSR count). The third kappa shape index (κ3) is 4.95. The summed E-state index contributed by atoms with van der Waals surface area (Å²) in [6.45, 7) is 0.708. The maximum Gasteiger partial charge on any atom is 0.257 e. The topological polar surface area (TPSA) is 105 Å². The highest BCUT2D eigenvalue weighted by molar-refractivity contribution is 6.10. The Hall–Kier alpha value is -3.19. The van der Waals surface area contributed by atoms with Crippen LogP contribution in [0.2, 0.25) is 0 Å². The molecule has 1 atom stereocenters. The Kier molecular flexibility index (Phi) is 6.39. The maximum absolute atomic E-state index is 12.6. The summed E-state index contributed by atoms with van der Waals surface area (Å²) < 4.78 is 0. The number of carbonyl (C=O) groups is 3. The first-order chi connectivity index (χ1) is 13.5. The largest absolute Gasteiger partial charge is 0.368 e. The summed E-state index contributed by atoms with van der Waals surface area (Å²) in [5.74, 6) is -1.00. The lowest BCUT2D eigenvalue weighted by atomic mass is 10.0. The number of para-hydroxylation sites is 2. The summed E-state index contributed by atoms with van der Waals surface area (Å²) in [7, 11) is 0. The van der Waals surface area contributed by atoms with Gasteiger partial charge >= 0.3 is 0 Å². The highest BCUT2D eigenvalue weighted by atomic mass is 16.2. The minimum absolute atomic E-state index is 0.0578. The van der Waals surface area contributed by atoms with E-state index in [1.165, 1.54) is 0 Å². The van der Waals surface area contributed by atoms with E-state index < -0.39 is 11.9 Å². The van der Waals surface area contributed by atoms with E-state index in [0.29, 0.717) is 29.9 Å². The van der Waals surface area contributed by atoms with Crippen LogP contribution in [0.1, 0.15) is 29.6 Å². The van der Waals surface area contributed by atoms with Crippen molar-refractivity contribution in [3.8, 4) is 0 Å². The molecule has 7 nitrogen and oxygen atoms in total. The standard InChI is InChI=1S/C21H24N4O3/c22-20(27)18-12-6-7-13-25(18)14-19(26)24-17-11-5-4-10-16(17)21(28)23-15-8-2-1-3-9-15/h1-5,8-11,18H,6-7,12-14H2,(H2,22,27)(H,23,28)(H,24,26)/t18-/m1/s1. The Morgan fingerprint density at radius 3 is 2.43 bits per heavy atom. The molecule has 1 aliphatic rings. The molecule has 1 fully saturated rings. The van der Waals surface area contributed by atoms with Crippen LogP contribution in [0, 0.1) is 0 Å². The van der Waals surface area contributed by atoms with Gasteiger partial charge in [0.1, 0.15) is 0 Å². The molecule has 1 saturated heterocycles. The molecular weight excluding hydrogens is 356 g/mol. The van der Waals surface area contributed by atoms with Crippen molar-refractivity contribution in [3.63, 3.8) is 0 Å². The summed E-state index contributed by atoms with van der Waals surface area (Å²) in [4.78, 5) is 38.6. The highest BCUT2D eigenvalue weighted by Crippen LogP contribution is 2.19. The van der Waals surface area contributed by atoms with Gasteiger partial charge in [0, 0.05) is 5.69 Å². The number of rotatable bonds is 6. The van der Waals surface area contributed by atoms with Crippen molar-refractivity contribution in [1.29, 1.82) is 0 Å². The van der Waals surface area contributed by atoms with Crippen LogP contribution in [-0.2, 0) is 9.59 Å². The van der Waals surface area contributed by atoms with Gasteiger partial charge in [-0.05, 0) is 43.7 Å². The van der Waals surface area contributed by atoms with Crippen molar-refractivity contribution in [2.75, 3.05) is 23.7 Å². The average Bonchev–Trinajstić information content (AvgIpc) is 2.69. The van der Waals surface area contributed by atoms with Gasteiger partial charge in [-0.25, -0.2) is 0 Å². The number of primary amides is 1. The van der Waals surface area contributed by atoms with E-state index in [2.05, 4.69) is 10.6 Å². The first kappa shape index (κ1) is 19.6. The van der Waals surface area contributed by atoms with E-state index in [4.69, 9.17) is 5.73 Å². The predicted molar refractivity (Wildman–Crippen MR) is 108 cm³/mol. The van der Waals surface area contributed by atoms with Crippen LogP contribution in [-0.4, -0.2) is 41.8 Å². The molecule has 0 spiro atoms. The first-order valence-electron chi connectivity index (χ1n) is 9.33. The van der Waals surface area contributed by atoms with E-state index in [-0.39, 0.29) is 18.4 Å². The Morgan fingerprint density at radius 2 is 1.68 bits per heavy atom. The van der Waals surface area contributed by atoms with Crippen LogP contribution in [0.4, 0.5) is 11.4 Å². The molecule has 4 N–H and O–H groups in total. The number of nitrogens with zero attached hydrogens (tertiary/aromatic N) is 1. The molecule has 7 heteroatoms. The second kappa shape index (κ2) is 9.14. The molecular formula is C21H24N4O3. The minimum Gasteiger partial charge on any atom is -0.368 e. The van der Waals surface area contributed by atoms with Crippen LogP contribution in [0.5, 0.6) is 0 Å². The molecule has 2 aromatic rings. The molecule has 3 amide bonds. The zero-order valence-corrected chi connectivity index (χ0v) is 15.6. The van der Waals surface area contributed by atoms with Gasteiger partial charge in [0.2, 0.25) is 11.8 Å². The zero-order valence-electron chi connectivity index (χ0n) is 15.6. The van der Waals surface area contributed by atoms with Crippen molar-refractivity contribution in [1.82, 2.24) is 4.90 Å². The third-order valence-electron chi connectivity index (χ3n) is 4.77. The molecule has 0 bridgehead atoms. The Morgan fingerprint density at radius 1 is 0.964 bits per heavy atom. The van der Waals surface area contributed by atoms with Crippen LogP contribution in [0.15, 0.2) is 54.6 Å². The molecule has 0 radical (unpaired) electrons. The van der Waals surface area contributed by atoms with Gasteiger partial charge in [-0.3, -0.25) is 19.3 Å². The van der Waals surface area contributed by atoms with E-state index in [0.717, 1.165) is 12.8 Å². The number of hydrogen-bond donors (Lipinski definition) is 3. The Balaban J connectivity index is 1.68. The monoisotopic (exact) mass is 380 g/mol. The van der Waals surface area contributed by atoms with E-state index in [9.17, 15) is 14.4 Å². The van der Waals surface area contributed by atoms with E-state index >= 15 is 0 Å². The van der Waals surface area contributed by atoms with Gasteiger partial charge in [-0.2, -0.15) is 0 Å². The molecule has 28 heavy (non-hydrogen) atoms. The number of carbonyl (C=O) groups excluding carboxylic acids is 3. The quantitative estimate of drug-likeness (QED) is 0.715. The van der Waals surface area contributed by atoms with Gasteiger partial charge < -0.3 is 16.4 Å². The number of nitrogens with one attached hydrogen (secondary N) is 2. The highest BCUT2D eigenvalue weighted by Gasteiger charge is 2.28. The fourth-order valence-electron chi connectivity index (χ4n) is 3.39. The Bertz CT molecular complexity index is 854.